The van der Waals surface area contributed by atoms with Crippen molar-refractivity contribution in [1.29, 1.82) is 0 Å². The van der Waals surface area contributed by atoms with E-state index in [0.29, 0.717) is 59.3 Å². The molecule has 2 radical (unpaired) electrons. The van der Waals surface area contributed by atoms with Crippen LogP contribution < -0.4 is 10.9 Å². The van der Waals surface area contributed by atoms with Gasteiger partial charge in [-0.1, -0.05) is 177 Å². The van der Waals surface area contributed by atoms with Gasteiger partial charge in [0.05, 0.1) is 0 Å². The minimum atomic E-state index is -5.64. The third-order valence-electron chi connectivity index (χ3n) is 17.4. The Balaban J connectivity index is 0.000000171. The molecule has 22 heteroatoms. The van der Waals surface area contributed by atoms with Crippen molar-refractivity contribution in [3.05, 3.63) is 187 Å². The van der Waals surface area contributed by atoms with Crippen LogP contribution in [0.5, 0.6) is 0 Å². The number of allylic oxidation sites excluding steroid dienone is 18. The molecule has 0 aromatic heterocycles. The number of halogens is 8. The average Bonchev–Trinajstić information content (AvgIpc) is 2.65. The van der Waals surface area contributed by atoms with Crippen LogP contribution in [0, 0.1) is 59.2 Å². The van der Waals surface area contributed by atoms with E-state index in [0.717, 1.165) is 29.6 Å². The largest absolute Gasteiger partial charge is 0.534 e. The van der Waals surface area contributed by atoms with E-state index < -0.39 is 44.3 Å². The topological polar surface area (TPSA) is 190 Å². The molecular weight excluding hydrogens is 1280 g/mol. The summed E-state index contributed by atoms with van der Waals surface area (Å²) in [6, 6.07) is 24.1. The Morgan fingerprint density at radius 3 is 0.965 bits per heavy atom. The van der Waals surface area contributed by atoms with Gasteiger partial charge >= 0.3 is 38.4 Å². The standard InChI is InChI=1S/C24H23F3O3S.C22H20Br2.C10H11F3O3S.C6H6B2O2.CH4.2H2O/c1-14-10-18-7-6-17(14)11-21(18)15-2-4-16(5-3-15)22-12-20-9-8-19(22)13-23(20)30-31(28,29)24(25,26)27;23-21-11-15-5-7-17(21)9-19(15)13-1-2-14(4-3-13)20-10-18-8-6-16(20)12-22(18)24;1-6-4-8-3-2-7(6)5-9(8)16-17(14,15)10(11,12)13;7-5-1-3-6(4-2-5)8(9)10;;;/h2-5,10-13,17-20H,6-9H2,1H3;1-4,9-12,15-18H,5-8H2;4-5,7-8H,2-3H2,1H3;1-4,9-10H;1H4;2*1H2. The average molecular weight is 1340 g/mol. The molecule has 10 bridgehead atoms. The first kappa shape index (κ1) is 67.6. The molecule has 0 aliphatic heterocycles. The number of fused-ring (bicyclic) bond motifs is 5. The van der Waals surface area contributed by atoms with Crippen LogP contribution in [0.15, 0.2) is 165 Å². The van der Waals surface area contributed by atoms with Crippen LogP contribution in [0.25, 0.3) is 22.3 Å². The van der Waals surface area contributed by atoms with Crippen LogP contribution in [0.4, 0.5) is 26.3 Å². The second-order valence-electron chi connectivity index (χ2n) is 22.7. The molecule has 15 aliphatic rings. The molecule has 454 valence electrons. The van der Waals surface area contributed by atoms with E-state index in [1.807, 2.05) is 13.0 Å². The normalized spacial score (nSPS) is 27.2. The Bertz CT molecular complexity index is 3460. The van der Waals surface area contributed by atoms with Crippen LogP contribution in [0.1, 0.15) is 108 Å². The molecule has 0 saturated heterocycles. The van der Waals surface area contributed by atoms with Crippen LogP contribution >= 0.6 is 31.9 Å². The minimum Gasteiger partial charge on any atom is -0.423 e. The highest BCUT2D eigenvalue weighted by Gasteiger charge is 2.51. The van der Waals surface area contributed by atoms with Gasteiger partial charge in [0.25, 0.3) is 0 Å². The maximum absolute atomic E-state index is 12.7. The van der Waals surface area contributed by atoms with Crippen molar-refractivity contribution in [2.75, 3.05) is 0 Å². The van der Waals surface area contributed by atoms with Crippen molar-refractivity contribution in [2.45, 2.75) is 96.5 Å². The summed E-state index contributed by atoms with van der Waals surface area (Å²) in [5.74, 6) is 2.24. The fraction of sp³-hybridized carbons (Fsp3) is 0.397. The molecule has 0 amide bonds. The lowest BCUT2D eigenvalue weighted by Gasteiger charge is -2.35. The molecule has 10 atom stereocenters. The lowest BCUT2D eigenvalue weighted by atomic mass is 9.70. The summed E-state index contributed by atoms with van der Waals surface area (Å²) in [6.45, 7) is 4.07. The van der Waals surface area contributed by atoms with Crippen LogP contribution in [0.3, 0.4) is 0 Å². The molecule has 0 spiro atoms. The fourth-order valence-electron chi connectivity index (χ4n) is 12.9. The highest BCUT2D eigenvalue weighted by atomic mass is 79.9. The van der Waals surface area contributed by atoms with Gasteiger partial charge in [-0.15, -0.1) is 0 Å². The van der Waals surface area contributed by atoms with Gasteiger partial charge in [-0.05, 0) is 155 Å². The third-order valence-corrected chi connectivity index (χ3v) is 21.0. The summed E-state index contributed by atoms with van der Waals surface area (Å²) >= 11 is 7.46. The molecule has 3 aromatic rings. The first-order valence-electron chi connectivity index (χ1n) is 27.6. The number of benzene rings is 3. The Morgan fingerprint density at radius 1 is 0.435 bits per heavy atom. The maximum atomic E-state index is 12.7. The predicted molar refractivity (Wildman–Crippen MR) is 331 cm³/mol. The summed E-state index contributed by atoms with van der Waals surface area (Å²) in [5.41, 5.74) is 3.28. The molecule has 85 heavy (non-hydrogen) atoms. The molecular formula is C63H68B2Br2F6O10S2. The van der Waals surface area contributed by atoms with E-state index in [4.69, 9.17) is 17.9 Å². The zero-order chi connectivity index (χ0) is 58.6. The van der Waals surface area contributed by atoms with Gasteiger partial charge in [0.2, 0.25) is 0 Å². The maximum Gasteiger partial charge on any atom is 0.534 e. The van der Waals surface area contributed by atoms with E-state index in [1.165, 1.54) is 98.6 Å². The van der Waals surface area contributed by atoms with Crippen LogP contribution in [-0.2, 0) is 28.6 Å². The number of rotatable bonds is 9. The lowest BCUT2D eigenvalue weighted by Crippen LogP contribution is -2.30. The van der Waals surface area contributed by atoms with Gasteiger partial charge in [0.15, 0.2) is 0 Å². The van der Waals surface area contributed by atoms with Gasteiger partial charge in [0.1, 0.15) is 19.4 Å². The lowest BCUT2D eigenvalue weighted by molar-refractivity contribution is -0.0531. The van der Waals surface area contributed by atoms with Gasteiger partial charge in [-0.25, -0.2) is 0 Å². The quantitative estimate of drug-likeness (QED) is 0.0695. The second-order valence-corrected chi connectivity index (χ2v) is 27.6. The van der Waals surface area contributed by atoms with Crippen molar-refractivity contribution >= 4 is 100 Å². The Kier molecular flexibility index (Phi) is 21.3. The zero-order valence-electron chi connectivity index (χ0n) is 45.9. The number of alkyl halides is 6. The van der Waals surface area contributed by atoms with Gasteiger partial charge in [-0.3, -0.25) is 0 Å². The van der Waals surface area contributed by atoms with E-state index in [2.05, 4.69) is 132 Å². The first-order valence-corrected chi connectivity index (χ1v) is 32.0. The molecule has 10 nitrogen and oxygen atoms in total. The van der Waals surface area contributed by atoms with E-state index in [-0.39, 0.29) is 47.7 Å². The van der Waals surface area contributed by atoms with Crippen LogP contribution in [0.2, 0.25) is 0 Å². The van der Waals surface area contributed by atoms with E-state index in [9.17, 15) is 43.2 Å². The van der Waals surface area contributed by atoms with Gasteiger partial charge in [0, 0.05) is 53.3 Å². The Morgan fingerprint density at radius 2 is 0.706 bits per heavy atom. The first-order chi connectivity index (χ1) is 38.7. The fourth-order valence-corrected chi connectivity index (χ4v) is 15.3. The molecule has 0 saturated carbocycles. The Labute approximate surface area is 512 Å². The van der Waals surface area contributed by atoms with Crippen molar-refractivity contribution < 1.29 is 72.5 Å². The molecule has 18 rings (SSSR count). The summed E-state index contributed by atoms with van der Waals surface area (Å²) < 4.78 is 130. The summed E-state index contributed by atoms with van der Waals surface area (Å²) in [4.78, 5) is 0. The molecule has 3 aromatic carbocycles. The van der Waals surface area contributed by atoms with Crippen molar-refractivity contribution in [3.63, 3.8) is 0 Å². The summed E-state index contributed by atoms with van der Waals surface area (Å²) in [7, 11) is -7.21. The van der Waals surface area contributed by atoms with Gasteiger partial charge in [-0.2, -0.15) is 43.2 Å². The highest BCUT2D eigenvalue weighted by molar-refractivity contribution is 9.12. The summed E-state index contributed by atoms with van der Waals surface area (Å²) in [5, 5.41) is 17.3. The molecule has 0 heterocycles. The SMILES string of the molecule is BrC1=CC2CCC1C=C2c1ccc(C2=CC3CCC2C=C3Br)cc1.C.CC1=CC2CCC1C=C2OS(=O)(=O)C(F)(F)F.CC1=CC2CCC1C=C2c1ccc(C2=CC3CCC2C=C3OS(=O)(=O)C(F)(F)F)cc1.O.O.[B]c1ccc(B(O)O)cc1. The van der Waals surface area contributed by atoms with Crippen molar-refractivity contribution in [2.24, 2.45) is 59.2 Å². The van der Waals surface area contributed by atoms with Crippen molar-refractivity contribution in [1.82, 2.24) is 0 Å². The monoisotopic (exact) mass is 1340 g/mol. The highest BCUT2D eigenvalue weighted by Crippen LogP contribution is 2.50. The number of hydrogen-bond acceptors (Lipinski definition) is 8. The Hall–Kier alpha value is -4.93. The van der Waals surface area contributed by atoms with E-state index in [1.54, 1.807) is 30.3 Å². The molecule has 6 N–H and O–H groups in total. The third kappa shape index (κ3) is 14.8. The van der Waals surface area contributed by atoms with E-state index >= 15 is 0 Å². The van der Waals surface area contributed by atoms with Crippen LogP contribution in [-0.4, -0.2) is 63.8 Å². The number of hydrogen-bond donors (Lipinski definition) is 2. The molecule has 15 aliphatic carbocycles. The zero-order valence-corrected chi connectivity index (χ0v) is 50.7. The molecule has 0 fully saturated rings. The van der Waals surface area contributed by atoms with Gasteiger partial charge < -0.3 is 29.4 Å². The van der Waals surface area contributed by atoms with Crippen molar-refractivity contribution in [3.8, 4) is 0 Å². The molecule has 10 unspecified atom stereocenters. The minimum absolute atomic E-state index is 0. The predicted octanol–water partition coefficient (Wildman–Crippen LogP) is 13.2. The second kappa shape index (κ2) is 26.8. The summed E-state index contributed by atoms with van der Waals surface area (Å²) in [6.07, 6.45) is 31.6. The smallest absolute Gasteiger partial charge is 0.423 e.